The Bertz CT molecular complexity index is 395. The average Bonchev–Trinajstić information content (AvgIpc) is 2.30. The van der Waals surface area contributed by atoms with Crippen LogP contribution in [0.1, 0.15) is 24.2 Å². The van der Waals surface area contributed by atoms with Crippen LogP contribution in [0.25, 0.3) is 0 Å². The summed E-state index contributed by atoms with van der Waals surface area (Å²) in [4.78, 5) is 13.5. The number of hydrogen-bond donors (Lipinski definition) is 1. The van der Waals surface area contributed by atoms with Crippen molar-refractivity contribution in [3.05, 3.63) is 36.4 Å². The summed E-state index contributed by atoms with van der Waals surface area (Å²) >= 11 is 0. The number of ketones is 1. The quantitative estimate of drug-likeness (QED) is 0.611. The molecule has 0 aromatic heterocycles. The molecule has 0 radical (unpaired) electrons. The summed E-state index contributed by atoms with van der Waals surface area (Å²) in [5.74, 6) is -0.252. The fourth-order valence-electron chi connectivity index (χ4n) is 1.62. The second kappa shape index (κ2) is 5.35. The fourth-order valence-corrected chi connectivity index (χ4v) is 1.62. The topological polar surface area (TPSA) is 40.5 Å². The third-order valence-corrected chi connectivity index (χ3v) is 2.56. The first-order valence-corrected chi connectivity index (χ1v) is 5.38. The van der Waals surface area contributed by atoms with Gasteiger partial charge in [0, 0.05) is 24.8 Å². The fraction of sp³-hybridized carbons (Fsp3) is 0.308. The van der Waals surface area contributed by atoms with E-state index < -0.39 is 0 Å². The van der Waals surface area contributed by atoms with Crippen LogP contribution in [0.5, 0.6) is 5.75 Å². The Morgan fingerprint density at radius 2 is 2.06 bits per heavy atom. The van der Waals surface area contributed by atoms with Gasteiger partial charge in [0.2, 0.25) is 0 Å². The number of carbonyl (C=O) groups is 1. The number of nitrogens with zero attached hydrogens (tertiary/aromatic N) is 1. The number of rotatable bonds is 5. The molecule has 0 aliphatic heterocycles. The molecule has 0 unspecified atom stereocenters. The van der Waals surface area contributed by atoms with Crippen molar-refractivity contribution >= 4 is 11.5 Å². The van der Waals surface area contributed by atoms with Gasteiger partial charge >= 0.3 is 0 Å². The van der Waals surface area contributed by atoms with E-state index >= 15 is 0 Å². The SMILES string of the molecule is C=CC(=O)c1ccc(N(CC)CC)cc1O. The van der Waals surface area contributed by atoms with Gasteiger partial charge in [-0.3, -0.25) is 4.79 Å². The molecule has 1 rings (SSSR count). The molecule has 0 amide bonds. The van der Waals surface area contributed by atoms with E-state index in [-0.39, 0.29) is 11.5 Å². The van der Waals surface area contributed by atoms with E-state index in [4.69, 9.17) is 0 Å². The third-order valence-electron chi connectivity index (χ3n) is 2.56. The number of benzene rings is 1. The Kier molecular flexibility index (Phi) is 4.11. The minimum absolute atomic E-state index is 0.00861. The Morgan fingerprint density at radius 1 is 1.44 bits per heavy atom. The number of phenols is 1. The maximum atomic E-state index is 11.4. The van der Waals surface area contributed by atoms with Crippen LogP contribution in [0.4, 0.5) is 5.69 Å². The molecule has 0 aliphatic rings. The molecule has 16 heavy (non-hydrogen) atoms. The molecule has 3 nitrogen and oxygen atoms in total. The van der Waals surface area contributed by atoms with Crippen LogP contribution < -0.4 is 4.90 Å². The van der Waals surface area contributed by atoms with Crippen molar-refractivity contribution in [2.75, 3.05) is 18.0 Å². The van der Waals surface area contributed by atoms with Crippen LogP contribution >= 0.6 is 0 Å². The molecule has 0 aliphatic carbocycles. The van der Waals surface area contributed by atoms with Crippen LogP contribution in [0, 0.1) is 0 Å². The second-order valence-electron chi connectivity index (χ2n) is 3.44. The lowest BCUT2D eigenvalue weighted by molar-refractivity contribution is 0.104. The number of hydrogen-bond acceptors (Lipinski definition) is 3. The number of carbonyl (C=O) groups excluding carboxylic acids is 1. The predicted octanol–water partition coefficient (Wildman–Crippen LogP) is 2.61. The maximum absolute atomic E-state index is 11.4. The van der Waals surface area contributed by atoms with Gasteiger partial charge in [-0.25, -0.2) is 0 Å². The van der Waals surface area contributed by atoms with Crippen LogP contribution in [0.3, 0.4) is 0 Å². The molecule has 0 bridgehead atoms. The van der Waals surface area contributed by atoms with Gasteiger partial charge in [-0.05, 0) is 32.1 Å². The van der Waals surface area contributed by atoms with E-state index in [0.29, 0.717) is 5.56 Å². The molecule has 0 saturated heterocycles. The van der Waals surface area contributed by atoms with E-state index in [1.54, 1.807) is 12.1 Å². The molecule has 0 atom stereocenters. The summed E-state index contributed by atoms with van der Waals surface area (Å²) in [7, 11) is 0. The standard InChI is InChI=1S/C13H17NO2/c1-4-12(15)11-8-7-10(9-13(11)16)14(5-2)6-3/h4,7-9,16H,1,5-6H2,2-3H3. The molecule has 0 saturated carbocycles. The van der Waals surface area contributed by atoms with Gasteiger partial charge < -0.3 is 10.0 Å². The van der Waals surface area contributed by atoms with Crippen molar-refractivity contribution in [2.24, 2.45) is 0 Å². The average molecular weight is 219 g/mol. The molecule has 0 heterocycles. The smallest absolute Gasteiger partial charge is 0.188 e. The summed E-state index contributed by atoms with van der Waals surface area (Å²) in [6, 6.07) is 5.08. The molecular formula is C13H17NO2. The molecule has 0 fully saturated rings. The molecule has 0 spiro atoms. The lowest BCUT2D eigenvalue weighted by Gasteiger charge is -2.21. The zero-order valence-electron chi connectivity index (χ0n) is 9.73. The molecular weight excluding hydrogens is 202 g/mol. The number of allylic oxidation sites excluding steroid dienone is 1. The number of phenolic OH excluding ortho intramolecular Hbond substituents is 1. The van der Waals surface area contributed by atoms with Gasteiger partial charge in [0.15, 0.2) is 5.78 Å². The highest BCUT2D eigenvalue weighted by atomic mass is 16.3. The van der Waals surface area contributed by atoms with Gasteiger partial charge in [-0.2, -0.15) is 0 Å². The molecule has 86 valence electrons. The van der Waals surface area contributed by atoms with Crippen molar-refractivity contribution < 1.29 is 9.90 Å². The van der Waals surface area contributed by atoms with Crippen molar-refractivity contribution in [1.82, 2.24) is 0 Å². The van der Waals surface area contributed by atoms with E-state index in [0.717, 1.165) is 18.8 Å². The molecule has 3 heteroatoms. The van der Waals surface area contributed by atoms with Crippen molar-refractivity contribution in [1.29, 1.82) is 0 Å². The summed E-state index contributed by atoms with van der Waals surface area (Å²) in [6.45, 7) is 9.22. The van der Waals surface area contributed by atoms with Crippen molar-refractivity contribution in [3.8, 4) is 5.75 Å². The summed E-state index contributed by atoms with van der Waals surface area (Å²) < 4.78 is 0. The van der Waals surface area contributed by atoms with Gasteiger partial charge in [-0.1, -0.05) is 6.58 Å². The Labute approximate surface area is 96.0 Å². The summed E-state index contributed by atoms with van der Waals surface area (Å²) in [6.07, 6.45) is 1.20. The third kappa shape index (κ3) is 2.42. The molecule has 1 aromatic carbocycles. The minimum atomic E-state index is -0.261. The van der Waals surface area contributed by atoms with Gasteiger partial charge in [0.05, 0.1) is 5.56 Å². The summed E-state index contributed by atoms with van der Waals surface area (Å²) in [5, 5.41) is 9.74. The van der Waals surface area contributed by atoms with Gasteiger partial charge in [0.25, 0.3) is 0 Å². The zero-order valence-corrected chi connectivity index (χ0v) is 9.73. The highest BCUT2D eigenvalue weighted by Crippen LogP contribution is 2.25. The normalized spacial score (nSPS) is 9.88. The lowest BCUT2D eigenvalue weighted by Crippen LogP contribution is -2.21. The largest absolute Gasteiger partial charge is 0.507 e. The van der Waals surface area contributed by atoms with Crippen molar-refractivity contribution in [2.45, 2.75) is 13.8 Å². The first kappa shape index (κ1) is 12.3. The molecule has 1 N–H and O–H groups in total. The van der Waals surface area contributed by atoms with Crippen molar-refractivity contribution in [3.63, 3.8) is 0 Å². The highest BCUT2D eigenvalue weighted by molar-refractivity contribution is 6.06. The predicted molar refractivity (Wildman–Crippen MR) is 66.2 cm³/mol. The second-order valence-corrected chi connectivity index (χ2v) is 3.44. The van der Waals surface area contributed by atoms with Crippen LogP contribution in [0.2, 0.25) is 0 Å². The van der Waals surface area contributed by atoms with E-state index in [1.807, 2.05) is 19.9 Å². The van der Waals surface area contributed by atoms with E-state index in [2.05, 4.69) is 11.5 Å². The minimum Gasteiger partial charge on any atom is -0.507 e. The number of anilines is 1. The molecule has 1 aromatic rings. The Morgan fingerprint density at radius 3 is 2.50 bits per heavy atom. The van der Waals surface area contributed by atoms with E-state index in [9.17, 15) is 9.90 Å². The first-order valence-electron chi connectivity index (χ1n) is 5.38. The lowest BCUT2D eigenvalue weighted by atomic mass is 10.1. The maximum Gasteiger partial charge on any atom is 0.188 e. The Balaban J connectivity index is 3.07. The number of aromatic hydroxyl groups is 1. The van der Waals surface area contributed by atoms with Crippen LogP contribution in [-0.4, -0.2) is 24.0 Å². The Hall–Kier alpha value is -1.77. The van der Waals surface area contributed by atoms with Gasteiger partial charge in [-0.15, -0.1) is 0 Å². The van der Waals surface area contributed by atoms with Gasteiger partial charge in [0.1, 0.15) is 5.75 Å². The zero-order chi connectivity index (χ0) is 12.1. The monoisotopic (exact) mass is 219 g/mol. The van der Waals surface area contributed by atoms with Crippen LogP contribution in [0.15, 0.2) is 30.9 Å². The first-order chi connectivity index (χ1) is 7.63. The van der Waals surface area contributed by atoms with E-state index in [1.165, 1.54) is 6.08 Å². The van der Waals surface area contributed by atoms with Crippen LogP contribution in [-0.2, 0) is 0 Å². The summed E-state index contributed by atoms with van der Waals surface area (Å²) in [5.41, 5.74) is 1.22. The highest BCUT2D eigenvalue weighted by Gasteiger charge is 2.10.